The van der Waals surface area contributed by atoms with Gasteiger partial charge in [0.15, 0.2) is 0 Å². The predicted molar refractivity (Wildman–Crippen MR) is 148 cm³/mol. The fraction of sp³-hybridized carbons (Fsp3) is 0.467. The average Bonchev–Trinajstić information content (AvgIpc) is 3.20. The van der Waals surface area contributed by atoms with Crippen LogP contribution in [0.1, 0.15) is 77.9 Å². The first-order chi connectivity index (χ1) is 17.7. The number of anilines is 1. The highest BCUT2D eigenvalue weighted by Gasteiger charge is 2.30. The molecule has 7 nitrogen and oxygen atoms in total. The van der Waals surface area contributed by atoms with Crippen molar-refractivity contribution in [1.29, 1.82) is 0 Å². The monoisotopic (exact) mass is 502 g/mol. The Morgan fingerprint density at radius 1 is 1.05 bits per heavy atom. The number of nitrogens with zero attached hydrogens (tertiary/aromatic N) is 3. The first-order valence-electron chi connectivity index (χ1n) is 13.3. The number of hydrogen-bond donors (Lipinski definition) is 1. The van der Waals surface area contributed by atoms with Gasteiger partial charge >= 0.3 is 0 Å². The van der Waals surface area contributed by atoms with Crippen LogP contribution < -0.4 is 15.8 Å². The number of fused-ring (bicyclic) bond motifs is 1. The number of rotatable bonds is 9. The third kappa shape index (κ3) is 5.92. The van der Waals surface area contributed by atoms with E-state index in [0.717, 1.165) is 24.1 Å². The summed E-state index contributed by atoms with van der Waals surface area (Å²) in [6, 6.07) is 14.9. The van der Waals surface area contributed by atoms with E-state index >= 15 is 0 Å². The number of para-hydroxylation sites is 1. The minimum Gasteiger partial charge on any atom is -0.366 e. The molecule has 2 unspecified atom stereocenters. The van der Waals surface area contributed by atoms with Crippen molar-refractivity contribution in [2.45, 2.75) is 84.5 Å². The lowest BCUT2D eigenvalue weighted by molar-refractivity contribution is -0.126. The van der Waals surface area contributed by atoms with E-state index in [9.17, 15) is 14.4 Å². The molecule has 0 spiro atoms. The van der Waals surface area contributed by atoms with Gasteiger partial charge in [-0.2, -0.15) is 0 Å². The van der Waals surface area contributed by atoms with E-state index in [-0.39, 0.29) is 29.6 Å². The SMILES string of the molecule is CC(=O)C[C@H](NC(=O)[C@H](CC(C)C)n1cnc2ccccc2c1=O)c1cccc(N2C(C)CCC2C)c1. The molecule has 1 fully saturated rings. The van der Waals surface area contributed by atoms with Crippen molar-refractivity contribution < 1.29 is 9.59 Å². The van der Waals surface area contributed by atoms with Gasteiger partial charge in [-0.1, -0.05) is 38.1 Å². The summed E-state index contributed by atoms with van der Waals surface area (Å²) < 4.78 is 1.44. The molecule has 1 aliphatic heterocycles. The Kier molecular flexibility index (Phi) is 8.10. The molecule has 1 N–H and O–H groups in total. The lowest BCUT2D eigenvalue weighted by atomic mass is 9.98. The highest BCUT2D eigenvalue weighted by Crippen LogP contribution is 2.32. The maximum Gasteiger partial charge on any atom is 0.261 e. The number of hydrogen-bond acceptors (Lipinski definition) is 5. The molecule has 3 aromatic rings. The molecule has 1 amide bonds. The van der Waals surface area contributed by atoms with Crippen molar-refractivity contribution in [3.63, 3.8) is 0 Å². The molecule has 196 valence electrons. The van der Waals surface area contributed by atoms with Gasteiger partial charge in [-0.05, 0) is 75.8 Å². The lowest BCUT2D eigenvalue weighted by Crippen LogP contribution is -2.40. The van der Waals surface area contributed by atoms with Gasteiger partial charge in [0.1, 0.15) is 11.8 Å². The second kappa shape index (κ2) is 11.3. The van der Waals surface area contributed by atoms with Crippen molar-refractivity contribution in [3.8, 4) is 0 Å². The number of Topliss-reactive ketones (excluding diaryl/α,β-unsaturated/α-hetero) is 1. The van der Waals surface area contributed by atoms with Crippen LogP contribution in [0.25, 0.3) is 10.9 Å². The number of carbonyl (C=O) groups excluding carboxylic acids is 2. The molecule has 0 bridgehead atoms. The van der Waals surface area contributed by atoms with Crippen LogP contribution in [0.5, 0.6) is 0 Å². The first-order valence-corrected chi connectivity index (χ1v) is 13.3. The molecule has 2 heterocycles. The summed E-state index contributed by atoms with van der Waals surface area (Å²) in [5, 5.41) is 3.60. The number of carbonyl (C=O) groups is 2. The Hall–Kier alpha value is -3.48. The molecule has 7 heteroatoms. The van der Waals surface area contributed by atoms with Crippen LogP contribution in [0.2, 0.25) is 0 Å². The standard InChI is InChI=1S/C30H38N4O3/c1-19(2)15-28(33-18-31-26-12-7-6-11-25(26)30(33)37)29(36)32-27(16-22(5)35)23-9-8-10-24(17-23)34-20(3)13-14-21(34)4/h6-12,17-21,27-28H,13-16H2,1-5H3,(H,32,36)/t20?,21?,27-,28-/m0/s1. The summed E-state index contributed by atoms with van der Waals surface area (Å²) in [6.45, 7) is 10.0. The number of ketones is 1. The van der Waals surface area contributed by atoms with E-state index in [1.807, 2.05) is 32.0 Å². The van der Waals surface area contributed by atoms with E-state index in [2.05, 4.69) is 41.2 Å². The number of aromatic nitrogens is 2. The molecule has 4 rings (SSSR count). The number of amides is 1. The minimum atomic E-state index is -0.735. The molecule has 0 radical (unpaired) electrons. The lowest BCUT2D eigenvalue weighted by Gasteiger charge is -2.30. The van der Waals surface area contributed by atoms with E-state index in [4.69, 9.17) is 0 Å². The molecule has 4 atom stereocenters. The summed E-state index contributed by atoms with van der Waals surface area (Å²) in [7, 11) is 0. The summed E-state index contributed by atoms with van der Waals surface area (Å²) in [5.74, 6) is -0.127. The van der Waals surface area contributed by atoms with Gasteiger partial charge < -0.3 is 10.2 Å². The minimum absolute atomic E-state index is 0.0106. The van der Waals surface area contributed by atoms with Crippen LogP contribution in [0.4, 0.5) is 5.69 Å². The normalized spacial score (nSPS) is 19.2. The summed E-state index contributed by atoms with van der Waals surface area (Å²) in [6.07, 6.45) is 4.41. The second-order valence-corrected chi connectivity index (χ2v) is 10.9. The molecular weight excluding hydrogens is 464 g/mol. The Morgan fingerprint density at radius 2 is 1.76 bits per heavy atom. The first kappa shape index (κ1) is 26.6. The van der Waals surface area contributed by atoms with Crippen LogP contribution in [-0.2, 0) is 9.59 Å². The summed E-state index contributed by atoms with van der Waals surface area (Å²) in [4.78, 5) is 46.2. The molecule has 0 saturated carbocycles. The fourth-order valence-electron chi connectivity index (χ4n) is 5.51. The zero-order valence-electron chi connectivity index (χ0n) is 22.5. The summed E-state index contributed by atoms with van der Waals surface area (Å²) in [5.41, 5.74) is 2.35. The van der Waals surface area contributed by atoms with Gasteiger partial charge in [0, 0.05) is 24.2 Å². The van der Waals surface area contributed by atoms with Crippen molar-refractivity contribution in [1.82, 2.24) is 14.9 Å². The van der Waals surface area contributed by atoms with E-state index < -0.39 is 12.1 Å². The number of nitrogens with one attached hydrogen (secondary N) is 1. The van der Waals surface area contributed by atoms with Gasteiger partial charge in [0.25, 0.3) is 5.56 Å². The quantitative estimate of drug-likeness (QED) is 0.435. The highest BCUT2D eigenvalue weighted by atomic mass is 16.2. The van der Waals surface area contributed by atoms with E-state index in [0.29, 0.717) is 29.4 Å². The Balaban J connectivity index is 1.67. The highest BCUT2D eigenvalue weighted by molar-refractivity contribution is 5.83. The number of benzene rings is 2. The molecule has 37 heavy (non-hydrogen) atoms. The van der Waals surface area contributed by atoms with Gasteiger partial charge in [0.05, 0.1) is 23.3 Å². The van der Waals surface area contributed by atoms with Crippen LogP contribution in [-0.4, -0.2) is 33.3 Å². The van der Waals surface area contributed by atoms with Crippen LogP contribution in [0.15, 0.2) is 59.7 Å². The van der Waals surface area contributed by atoms with Gasteiger partial charge in [0.2, 0.25) is 5.91 Å². The maximum atomic E-state index is 13.8. The van der Waals surface area contributed by atoms with Crippen molar-refractivity contribution in [2.24, 2.45) is 5.92 Å². The van der Waals surface area contributed by atoms with Crippen molar-refractivity contribution in [3.05, 3.63) is 70.8 Å². The van der Waals surface area contributed by atoms with Crippen LogP contribution in [0, 0.1) is 5.92 Å². The topological polar surface area (TPSA) is 84.3 Å². The smallest absolute Gasteiger partial charge is 0.261 e. The molecule has 1 aliphatic rings. The third-order valence-corrected chi connectivity index (χ3v) is 7.35. The molecular formula is C30H38N4O3. The molecule has 1 aromatic heterocycles. The van der Waals surface area contributed by atoms with Crippen LogP contribution >= 0.6 is 0 Å². The molecule has 0 aliphatic carbocycles. The Labute approximate surface area is 218 Å². The van der Waals surface area contributed by atoms with E-state index in [1.54, 1.807) is 18.2 Å². The fourth-order valence-corrected chi connectivity index (χ4v) is 5.51. The maximum absolute atomic E-state index is 13.8. The van der Waals surface area contributed by atoms with Crippen molar-refractivity contribution >= 4 is 28.3 Å². The average molecular weight is 503 g/mol. The Morgan fingerprint density at radius 3 is 2.43 bits per heavy atom. The van der Waals surface area contributed by atoms with E-state index in [1.165, 1.54) is 17.8 Å². The van der Waals surface area contributed by atoms with Gasteiger partial charge in [-0.15, -0.1) is 0 Å². The third-order valence-electron chi connectivity index (χ3n) is 7.35. The van der Waals surface area contributed by atoms with Crippen molar-refractivity contribution in [2.75, 3.05) is 4.90 Å². The van der Waals surface area contributed by atoms with Gasteiger partial charge in [-0.25, -0.2) is 4.98 Å². The molecule has 1 saturated heterocycles. The predicted octanol–water partition coefficient (Wildman–Crippen LogP) is 5.20. The molecule has 2 aromatic carbocycles. The largest absolute Gasteiger partial charge is 0.366 e. The van der Waals surface area contributed by atoms with Crippen LogP contribution in [0.3, 0.4) is 0 Å². The summed E-state index contributed by atoms with van der Waals surface area (Å²) >= 11 is 0. The second-order valence-electron chi connectivity index (χ2n) is 10.9. The Bertz CT molecular complexity index is 1320. The zero-order valence-corrected chi connectivity index (χ0v) is 22.5. The van der Waals surface area contributed by atoms with Gasteiger partial charge in [-0.3, -0.25) is 19.0 Å². The zero-order chi connectivity index (χ0) is 26.7.